The zero-order chi connectivity index (χ0) is 12.8. The number of rotatable bonds is 5. The lowest BCUT2D eigenvalue weighted by Crippen LogP contribution is -2.04. The Kier molecular flexibility index (Phi) is 4.46. The Morgan fingerprint density at radius 2 is 2.22 bits per heavy atom. The van der Waals surface area contributed by atoms with Crippen molar-refractivity contribution in [3.63, 3.8) is 0 Å². The summed E-state index contributed by atoms with van der Waals surface area (Å²) in [5.41, 5.74) is 0.972. The van der Waals surface area contributed by atoms with Gasteiger partial charge in [0.25, 0.3) is 0 Å². The summed E-state index contributed by atoms with van der Waals surface area (Å²) < 4.78 is 0. The molecule has 0 saturated heterocycles. The minimum absolute atomic E-state index is 0.705. The van der Waals surface area contributed by atoms with Crippen LogP contribution in [-0.2, 0) is 5.75 Å². The summed E-state index contributed by atoms with van der Waals surface area (Å²) in [7, 11) is 0. The number of thioether (sulfide) groups is 1. The van der Waals surface area contributed by atoms with E-state index in [0.29, 0.717) is 5.75 Å². The Balaban J connectivity index is 2.05. The molecule has 0 aromatic carbocycles. The van der Waals surface area contributed by atoms with Crippen molar-refractivity contribution in [2.75, 3.05) is 11.9 Å². The van der Waals surface area contributed by atoms with Crippen molar-refractivity contribution in [2.24, 2.45) is 0 Å². The van der Waals surface area contributed by atoms with Crippen molar-refractivity contribution >= 4 is 17.6 Å². The van der Waals surface area contributed by atoms with Crippen molar-refractivity contribution in [2.45, 2.75) is 24.6 Å². The van der Waals surface area contributed by atoms with Crippen LogP contribution in [-0.4, -0.2) is 26.5 Å². The summed E-state index contributed by atoms with van der Waals surface area (Å²) >= 11 is 1.61. The summed E-state index contributed by atoms with van der Waals surface area (Å²) in [6.45, 7) is 4.88. The lowest BCUT2D eigenvalue weighted by Gasteiger charge is -2.06. The molecule has 0 atom stereocenters. The van der Waals surface area contributed by atoms with Crippen molar-refractivity contribution in [3.8, 4) is 0 Å². The molecule has 2 heterocycles. The first kappa shape index (κ1) is 12.8. The average Bonchev–Trinajstić information content (AvgIpc) is 2.37. The second kappa shape index (κ2) is 6.30. The standard InChI is InChI=1S/C12H15N5S/c1-3-14-10-6-9(2)16-11(17-10)7-18-12-4-5-13-8-15-12/h4-6,8H,3,7H2,1-2H3,(H,14,16,17). The minimum atomic E-state index is 0.705. The van der Waals surface area contributed by atoms with Crippen LogP contribution >= 0.6 is 11.8 Å². The summed E-state index contributed by atoms with van der Waals surface area (Å²) in [6, 6.07) is 3.83. The van der Waals surface area contributed by atoms with E-state index in [0.717, 1.165) is 28.9 Å². The van der Waals surface area contributed by atoms with Crippen molar-refractivity contribution in [1.82, 2.24) is 19.9 Å². The van der Waals surface area contributed by atoms with E-state index in [9.17, 15) is 0 Å². The lowest BCUT2D eigenvalue weighted by atomic mass is 10.4. The van der Waals surface area contributed by atoms with Crippen LogP contribution in [0.5, 0.6) is 0 Å². The van der Waals surface area contributed by atoms with Gasteiger partial charge in [0.2, 0.25) is 0 Å². The molecule has 18 heavy (non-hydrogen) atoms. The quantitative estimate of drug-likeness (QED) is 0.658. The van der Waals surface area contributed by atoms with Gasteiger partial charge >= 0.3 is 0 Å². The minimum Gasteiger partial charge on any atom is -0.370 e. The fourth-order valence-electron chi connectivity index (χ4n) is 1.47. The van der Waals surface area contributed by atoms with Crippen LogP contribution in [0.3, 0.4) is 0 Å². The predicted octanol–water partition coefficient (Wildman–Crippen LogP) is 2.30. The van der Waals surface area contributed by atoms with E-state index in [1.807, 2.05) is 26.0 Å². The predicted molar refractivity (Wildman–Crippen MR) is 72.5 cm³/mol. The first-order chi connectivity index (χ1) is 8.78. The Morgan fingerprint density at radius 3 is 2.94 bits per heavy atom. The van der Waals surface area contributed by atoms with E-state index in [2.05, 4.69) is 25.3 Å². The van der Waals surface area contributed by atoms with E-state index < -0.39 is 0 Å². The molecule has 2 aromatic heterocycles. The van der Waals surface area contributed by atoms with Gasteiger partial charge in [-0.15, -0.1) is 0 Å². The Morgan fingerprint density at radius 1 is 1.33 bits per heavy atom. The smallest absolute Gasteiger partial charge is 0.141 e. The van der Waals surface area contributed by atoms with Crippen LogP contribution in [0, 0.1) is 6.92 Å². The van der Waals surface area contributed by atoms with E-state index >= 15 is 0 Å². The van der Waals surface area contributed by atoms with E-state index in [-0.39, 0.29) is 0 Å². The topological polar surface area (TPSA) is 63.6 Å². The normalized spacial score (nSPS) is 10.3. The molecule has 1 N–H and O–H groups in total. The van der Waals surface area contributed by atoms with Gasteiger partial charge in [-0.1, -0.05) is 11.8 Å². The maximum Gasteiger partial charge on any atom is 0.141 e. The molecule has 94 valence electrons. The number of nitrogens with one attached hydrogen (secondary N) is 1. The molecule has 0 saturated carbocycles. The SMILES string of the molecule is CCNc1cc(C)nc(CSc2ccncn2)n1. The van der Waals surface area contributed by atoms with Gasteiger partial charge in [-0.3, -0.25) is 0 Å². The van der Waals surface area contributed by atoms with Crippen molar-refractivity contribution in [1.29, 1.82) is 0 Å². The third kappa shape index (κ3) is 3.66. The fourth-order valence-corrected chi connectivity index (χ4v) is 2.15. The zero-order valence-corrected chi connectivity index (χ0v) is 11.2. The Hall–Kier alpha value is -1.69. The summed E-state index contributed by atoms with van der Waals surface area (Å²) in [5.74, 6) is 2.40. The molecule has 2 aromatic rings. The van der Waals surface area contributed by atoms with E-state index in [1.54, 1.807) is 24.3 Å². The second-order valence-electron chi connectivity index (χ2n) is 3.68. The summed E-state index contributed by atoms with van der Waals surface area (Å²) in [5, 5.41) is 4.13. The molecular formula is C12H15N5S. The summed E-state index contributed by atoms with van der Waals surface area (Å²) in [6.07, 6.45) is 3.28. The van der Waals surface area contributed by atoms with Gasteiger partial charge in [-0.2, -0.15) is 0 Å². The average molecular weight is 261 g/mol. The molecule has 0 fully saturated rings. The molecule has 6 heteroatoms. The van der Waals surface area contributed by atoms with Crippen molar-refractivity contribution < 1.29 is 0 Å². The Labute approximate surface area is 110 Å². The van der Waals surface area contributed by atoms with Crippen molar-refractivity contribution in [3.05, 3.63) is 36.2 Å². The van der Waals surface area contributed by atoms with Gasteiger partial charge in [0, 0.05) is 24.5 Å². The number of aryl methyl sites for hydroxylation is 1. The van der Waals surface area contributed by atoms with Gasteiger partial charge in [0.15, 0.2) is 0 Å². The van der Waals surface area contributed by atoms with E-state index in [4.69, 9.17) is 0 Å². The first-order valence-electron chi connectivity index (χ1n) is 5.75. The second-order valence-corrected chi connectivity index (χ2v) is 4.67. The third-order valence-electron chi connectivity index (χ3n) is 2.16. The lowest BCUT2D eigenvalue weighted by molar-refractivity contribution is 0.980. The summed E-state index contributed by atoms with van der Waals surface area (Å²) in [4.78, 5) is 16.9. The highest BCUT2D eigenvalue weighted by molar-refractivity contribution is 7.98. The molecule has 0 aliphatic rings. The van der Waals surface area contributed by atoms with Gasteiger partial charge in [-0.05, 0) is 19.9 Å². The van der Waals surface area contributed by atoms with Crippen LogP contribution in [0.25, 0.3) is 0 Å². The molecular weight excluding hydrogens is 246 g/mol. The first-order valence-corrected chi connectivity index (χ1v) is 6.73. The highest BCUT2D eigenvalue weighted by Gasteiger charge is 2.03. The monoisotopic (exact) mass is 261 g/mol. The molecule has 0 aliphatic heterocycles. The number of anilines is 1. The molecule has 0 unspecified atom stereocenters. The molecule has 5 nitrogen and oxygen atoms in total. The molecule has 2 rings (SSSR count). The molecule has 0 spiro atoms. The number of hydrogen-bond donors (Lipinski definition) is 1. The maximum absolute atomic E-state index is 4.45. The highest BCUT2D eigenvalue weighted by Crippen LogP contribution is 2.18. The van der Waals surface area contributed by atoms with Crippen LogP contribution in [0.1, 0.15) is 18.4 Å². The Bertz CT molecular complexity index is 503. The van der Waals surface area contributed by atoms with Crippen LogP contribution in [0.4, 0.5) is 5.82 Å². The molecule has 0 aliphatic carbocycles. The molecule has 0 amide bonds. The van der Waals surface area contributed by atoms with Gasteiger partial charge in [0.05, 0.1) is 10.8 Å². The van der Waals surface area contributed by atoms with Gasteiger partial charge in [-0.25, -0.2) is 19.9 Å². The van der Waals surface area contributed by atoms with Gasteiger partial charge in [0.1, 0.15) is 18.0 Å². The largest absolute Gasteiger partial charge is 0.370 e. The van der Waals surface area contributed by atoms with Gasteiger partial charge < -0.3 is 5.32 Å². The molecule has 0 bridgehead atoms. The van der Waals surface area contributed by atoms with Crippen LogP contribution in [0.2, 0.25) is 0 Å². The van der Waals surface area contributed by atoms with E-state index in [1.165, 1.54) is 0 Å². The van der Waals surface area contributed by atoms with Crippen LogP contribution in [0.15, 0.2) is 29.7 Å². The zero-order valence-electron chi connectivity index (χ0n) is 10.4. The molecule has 0 radical (unpaired) electrons. The number of nitrogens with zero attached hydrogens (tertiary/aromatic N) is 4. The number of aromatic nitrogens is 4. The third-order valence-corrected chi connectivity index (χ3v) is 3.10. The number of hydrogen-bond acceptors (Lipinski definition) is 6. The fraction of sp³-hybridized carbons (Fsp3) is 0.333. The maximum atomic E-state index is 4.45. The highest BCUT2D eigenvalue weighted by atomic mass is 32.2. The van der Waals surface area contributed by atoms with Crippen LogP contribution < -0.4 is 5.32 Å².